The smallest absolute Gasteiger partial charge is 0.323 e. The molecule has 0 aliphatic heterocycles. The van der Waals surface area contributed by atoms with E-state index in [2.05, 4.69) is 19.8 Å². The predicted molar refractivity (Wildman–Crippen MR) is 134 cm³/mol. The molecule has 2 atom stereocenters. The Balaban J connectivity index is 0.00000272. The van der Waals surface area contributed by atoms with E-state index >= 15 is 0 Å². The van der Waals surface area contributed by atoms with Crippen LogP contribution >= 0.6 is 24.8 Å². The number of carboxylic acids is 1. The summed E-state index contributed by atoms with van der Waals surface area (Å²) in [5.41, 5.74) is 3.91. The van der Waals surface area contributed by atoms with E-state index in [0.29, 0.717) is 5.56 Å². The lowest BCUT2D eigenvalue weighted by atomic mass is 10.1. The molecule has 3 rings (SSSR count). The van der Waals surface area contributed by atoms with Crippen LogP contribution in [0.1, 0.15) is 18.1 Å². The highest BCUT2D eigenvalue weighted by Crippen LogP contribution is 2.25. The number of aliphatic hydroxyl groups excluding tert-OH is 1. The molecule has 11 heteroatoms. The van der Waals surface area contributed by atoms with Gasteiger partial charge in [-0.1, -0.05) is 6.07 Å². The molecule has 0 unspecified atom stereocenters. The molecule has 0 radical (unpaired) electrons. The molecule has 182 valence electrons. The number of benzene rings is 1. The van der Waals surface area contributed by atoms with Crippen LogP contribution < -0.4 is 10.9 Å². The maximum Gasteiger partial charge on any atom is 0.323 e. The second-order valence-corrected chi connectivity index (χ2v) is 8.05. The highest BCUT2D eigenvalue weighted by Gasteiger charge is 2.22. The van der Waals surface area contributed by atoms with Crippen LogP contribution in [0.15, 0.2) is 35.3 Å². The number of aliphatic carboxylic acids is 1. The van der Waals surface area contributed by atoms with Crippen molar-refractivity contribution >= 4 is 41.8 Å². The van der Waals surface area contributed by atoms with Crippen LogP contribution in [-0.4, -0.2) is 68.4 Å². The number of carbonyl (C=O) groups is 1. The summed E-state index contributed by atoms with van der Waals surface area (Å²) in [6, 6.07) is 6.58. The van der Waals surface area contributed by atoms with Gasteiger partial charge in [-0.2, -0.15) is 0 Å². The first kappa shape index (κ1) is 28.6. The van der Waals surface area contributed by atoms with E-state index in [1.807, 2.05) is 38.4 Å². The molecule has 33 heavy (non-hydrogen) atoms. The SMILES string of the molecule is Cc1cc(-c2nc3cc(CN[C@H](C(=O)O)[C@@H](C)O)ccc3n2CCN(C)C)c[nH]c1=O.Cl.Cl. The van der Waals surface area contributed by atoms with Gasteiger partial charge in [0, 0.05) is 37.0 Å². The Labute approximate surface area is 204 Å². The van der Waals surface area contributed by atoms with Crippen molar-refractivity contribution in [2.24, 2.45) is 0 Å². The number of likely N-dealkylation sites (N-methyl/N-ethyl adjacent to an activating group) is 1. The summed E-state index contributed by atoms with van der Waals surface area (Å²) in [5.74, 6) is -0.339. The van der Waals surface area contributed by atoms with E-state index in [9.17, 15) is 19.8 Å². The van der Waals surface area contributed by atoms with Crippen LogP contribution in [-0.2, 0) is 17.9 Å². The number of halogens is 2. The van der Waals surface area contributed by atoms with E-state index < -0.39 is 18.1 Å². The molecule has 1 aromatic carbocycles. The van der Waals surface area contributed by atoms with Crippen molar-refractivity contribution in [3.8, 4) is 11.4 Å². The minimum absolute atomic E-state index is 0. The van der Waals surface area contributed by atoms with Gasteiger partial charge in [-0.25, -0.2) is 4.98 Å². The number of carboxylic acid groups (broad SMARTS) is 1. The Morgan fingerprint density at radius 2 is 1.97 bits per heavy atom. The van der Waals surface area contributed by atoms with Crippen LogP contribution in [0.25, 0.3) is 22.4 Å². The number of H-pyrrole nitrogens is 1. The van der Waals surface area contributed by atoms with E-state index in [-0.39, 0.29) is 36.9 Å². The first-order chi connectivity index (χ1) is 14.7. The van der Waals surface area contributed by atoms with Crippen molar-refractivity contribution in [3.63, 3.8) is 0 Å². The van der Waals surface area contributed by atoms with Crippen molar-refractivity contribution in [3.05, 3.63) is 51.9 Å². The molecule has 2 heterocycles. The fourth-order valence-corrected chi connectivity index (χ4v) is 3.45. The molecular weight excluding hydrogens is 469 g/mol. The van der Waals surface area contributed by atoms with Crippen molar-refractivity contribution in [1.82, 2.24) is 24.8 Å². The third-order valence-electron chi connectivity index (χ3n) is 5.21. The normalized spacial score (nSPS) is 12.8. The predicted octanol–water partition coefficient (Wildman–Crippen LogP) is 2.03. The lowest BCUT2D eigenvalue weighted by Gasteiger charge is -2.17. The van der Waals surface area contributed by atoms with Gasteiger partial charge in [0.15, 0.2) is 0 Å². The van der Waals surface area contributed by atoms with Crippen LogP contribution in [0.3, 0.4) is 0 Å². The Kier molecular flexibility index (Phi) is 10.5. The summed E-state index contributed by atoms with van der Waals surface area (Å²) in [4.78, 5) is 32.7. The molecule has 4 N–H and O–H groups in total. The quantitative estimate of drug-likeness (QED) is 0.355. The third-order valence-corrected chi connectivity index (χ3v) is 5.21. The molecule has 9 nitrogen and oxygen atoms in total. The number of aromatic amines is 1. The minimum Gasteiger partial charge on any atom is -0.480 e. The first-order valence-corrected chi connectivity index (χ1v) is 10.1. The Morgan fingerprint density at radius 3 is 2.55 bits per heavy atom. The maximum atomic E-state index is 11.8. The monoisotopic (exact) mass is 499 g/mol. The van der Waals surface area contributed by atoms with Crippen LogP contribution in [0.2, 0.25) is 0 Å². The molecule has 0 amide bonds. The molecule has 0 aliphatic carbocycles. The lowest BCUT2D eigenvalue weighted by Crippen LogP contribution is -2.44. The van der Waals surface area contributed by atoms with E-state index in [1.54, 1.807) is 13.1 Å². The topological polar surface area (TPSA) is 123 Å². The molecule has 0 saturated heterocycles. The number of aromatic nitrogens is 3. The molecule has 0 bridgehead atoms. The number of hydrogen-bond acceptors (Lipinski definition) is 6. The number of imidazole rings is 1. The second-order valence-electron chi connectivity index (χ2n) is 8.05. The average molecular weight is 500 g/mol. The van der Waals surface area contributed by atoms with E-state index in [4.69, 9.17) is 4.98 Å². The fraction of sp³-hybridized carbons (Fsp3) is 0.409. The Hall–Kier alpha value is -2.43. The molecule has 0 aliphatic rings. The van der Waals surface area contributed by atoms with Crippen molar-refractivity contribution in [2.75, 3.05) is 20.6 Å². The number of fused-ring (bicyclic) bond motifs is 1. The van der Waals surface area contributed by atoms with Gasteiger partial charge in [0.25, 0.3) is 5.56 Å². The van der Waals surface area contributed by atoms with Gasteiger partial charge in [-0.05, 0) is 51.7 Å². The number of aryl methyl sites for hydroxylation is 1. The summed E-state index contributed by atoms with van der Waals surface area (Å²) in [7, 11) is 4.02. The van der Waals surface area contributed by atoms with Crippen molar-refractivity contribution in [2.45, 2.75) is 39.1 Å². The number of rotatable bonds is 9. The van der Waals surface area contributed by atoms with Gasteiger partial charge in [0.05, 0.1) is 17.1 Å². The summed E-state index contributed by atoms with van der Waals surface area (Å²) in [5, 5.41) is 21.8. The molecule has 2 aromatic heterocycles. The maximum absolute atomic E-state index is 11.8. The zero-order valence-corrected chi connectivity index (χ0v) is 20.7. The molecule has 0 saturated carbocycles. The van der Waals surface area contributed by atoms with Crippen molar-refractivity contribution < 1.29 is 15.0 Å². The Bertz CT molecular complexity index is 1140. The van der Waals surface area contributed by atoms with Gasteiger partial charge in [0.2, 0.25) is 0 Å². The average Bonchev–Trinajstić information content (AvgIpc) is 3.05. The number of pyridine rings is 1. The standard InChI is InChI=1S/C22H29N5O4.2ClH/c1-13-9-16(12-24-21(13)29)20-25-17-10-15(11-23-19(14(2)28)22(30)31)5-6-18(17)27(20)8-7-26(3)4;;/h5-6,9-10,12,14,19,23,28H,7-8,11H2,1-4H3,(H,24,29)(H,30,31);2*1H/t14-,19+;;/m1../s1. The number of aliphatic hydroxyl groups is 1. The molecular formula is C22H31Cl2N5O4. The third kappa shape index (κ3) is 6.78. The summed E-state index contributed by atoms with van der Waals surface area (Å²) in [6.45, 7) is 5.03. The van der Waals surface area contributed by atoms with Crippen molar-refractivity contribution in [1.29, 1.82) is 0 Å². The van der Waals surface area contributed by atoms with Gasteiger partial charge in [-0.3, -0.25) is 14.9 Å². The van der Waals surface area contributed by atoms with Gasteiger partial charge >= 0.3 is 5.97 Å². The molecule has 3 aromatic rings. The van der Waals surface area contributed by atoms with Gasteiger partial charge in [0.1, 0.15) is 11.9 Å². The van der Waals surface area contributed by atoms with Gasteiger partial charge < -0.3 is 24.7 Å². The zero-order chi connectivity index (χ0) is 22.7. The van der Waals surface area contributed by atoms with Crippen LogP contribution in [0.5, 0.6) is 0 Å². The lowest BCUT2D eigenvalue weighted by molar-refractivity contribution is -0.142. The Morgan fingerprint density at radius 1 is 1.27 bits per heavy atom. The summed E-state index contributed by atoms with van der Waals surface area (Å²) < 4.78 is 2.12. The van der Waals surface area contributed by atoms with Gasteiger partial charge in [-0.15, -0.1) is 24.8 Å². The largest absolute Gasteiger partial charge is 0.480 e. The number of nitrogens with zero attached hydrogens (tertiary/aromatic N) is 3. The number of nitrogens with one attached hydrogen (secondary N) is 2. The van der Waals surface area contributed by atoms with E-state index in [1.165, 1.54) is 6.92 Å². The molecule has 0 spiro atoms. The van der Waals surface area contributed by atoms with Crippen LogP contribution in [0.4, 0.5) is 0 Å². The zero-order valence-electron chi connectivity index (χ0n) is 19.0. The fourth-order valence-electron chi connectivity index (χ4n) is 3.45. The minimum atomic E-state index is -1.10. The highest BCUT2D eigenvalue weighted by molar-refractivity contribution is 5.85. The summed E-state index contributed by atoms with van der Waals surface area (Å²) >= 11 is 0. The first-order valence-electron chi connectivity index (χ1n) is 10.1. The highest BCUT2D eigenvalue weighted by atomic mass is 35.5. The molecule has 0 fully saturated rings. The van der Waals surface area contributed by atoms with E-state index in [0.717, 1.165) is 41.1 Å². The van der Waals surface area contributed by atoms with Crippen LogP contribution in [0, 0.1) is 6.92 Å². The second kappa shape index (κ2) is 12.2. The number of hydrogen-bond donors (Lipinski definition) is 4. The summed E-state index contributed by atoms with van der Waals surface area (Å²) in [6.07, 6.45) is 0.659.